The summed E-state index contributed by atoms with van der Waals surface area (Å²) >= 11 is 0. The number of furan rings is 1. The Bertz CT molecular complexity index is 704. The zero-order valence-electron chi connectivity index (χ0n) is 12.6. The summed E-state index contributed by atoms with van der Waals surface area (Å²) in [6, 6.07) is 13.2. The normalized spacial score (nSPS) is 14.3. The average molecular weight is 311 g/mol. The Morgan fingerprint density at radius 3 is 2.61 bits per heavy atom. The molecule has 3 rings (SSSR count). The van der Waals surface area contributed by atoms with Gasteiger partial charge < -0.3 is 14.1 Å². The van der Waals surface area contributed by atoms with E-state index in [9.17, 15) is 9.59 Å². The van der Waals surface area contributed by atoms with Crippen molar-refractivity contribution in [3.63, 3.8) is 0 Å². The molecule has 23 heavy (non-hydrogen) atoms. The van der Waals surface area contributed by atoms with E-state index < -0.39 is 5.97 Å². The van der Waals surface area contributed by atoms with Crippen LogP contribution in [0.1, 0.15) is 22.5 Å². The van der Waals surface area contributed by atoms with E-state index in [1.54, 1.807) is 11.0 Å². The number of nitrogens with zero attached hydrogens (tertiary/aromatic N) is 1. The Kier molecular flexibility index (Phi) is 4.57. The highest BCUT2D eigenvalue weighted by molar-refractivity contribution is 5.89. The highest BCUT2D eigenvalue weighted by Crippen LogP contribution is 2.21. The van der Waals surface area contributed by atoms with Gasteiger partial charge in [0.2, 0.25) is 5.76 Å². The molecule has 5 nitrogen and oxygen atoms in total. The van der Waals surface area contributed by atoms with Crippen LogP contribution in [0.4, 0.5) is 0 Å². The molecule has 118 valence electrons. The van der Waals surface area contributed by atoms with Crippen molar-refractivity contribution in [2.45, 2.75) is 6.42 Å². The zero-order chi connectivity index (χ0) is 16.1. The van der Waals surface area contributed by atoms with Gasteiger partial charge in [0.1, 0.15) is 0 Å². The fourth-order valence-electron chi connectivity index (χ4n) is 2.49. The van der Waals surface area contributed by atoms with Gasteiger partial charge in [-0.25, -0.2) is 4.79 Å². The van der Waals surface area contributed by atoms with E-state index in [0.29, 0.717) is 13.1 Å². The second-order valence-electron chi connectivity index (χ2n) is 5.24. The lowest BCUT2D eigenvalue weighted by molar-refractivity contribution is -0.134. The first-order valence-corrected chi connectivity index (χ1v) is 7.47. The van der Waals surface area contributed by atoms with Crippen LogP contribution in [0.5, 0.6) is 0 Å². The molecular formula is C18H17NO4. The number of hydrogen-bond donors (Lipinski definition) is 0. The van der Waals surface area contributed by atoms with Gasteiger partial charge in [0.15, 0.2) is 6.61 Å². The molecule has 0 unspecified atom stereocenters. The molecule has 0 radical (unpaired) electrons. The maximum Gasteiger partial charge on any atom is 0.374 e. The quantitative estimate of drug-likeness (QED) is 0.815. The summed E-state index contributed by atoms with van der Waals surface area (Å²) < 4.78 is 9.90. The summed E-state index contributed by atoms with van der Waals surface area (Å²) in [6.07, 6.45) is 4.23. The predicted molar refractivity (Wildman–Crippen MR) is 84.6 cm³/mol. The van der Waals surface area contributed by atoms with Crippen molar-refractivity contribution in [3.05, 3.63) is 66.1 Å². The number of ether oxygens (including phenoxy) is 1. The van der Waals surface area contributed by atoms with Gasteiger partial charge in [0.05, 0.1) is 6.26 Å². The van der Waals surface area contributed by atoms with Crippen molar-refractivity contribution < 1.29 is 18.7 Å². The zero-order valence-corrected chi connectivity index (χ0v) is 12.6. The van der Waals surface area contributed by atoms with Gasteiger partial charge in [-0.1, -0.05) is 36.4 Å². The minimum atomic E-state index is -0.624. The van der Waals surface area contributed by atoms with E-state index in [1.165, 1.54) is 23.5 Å². The molecule has 0 atom stereocenters. The SMILES string of the molecule is O=C(OCC(=O)N1CC=C(c2ccccc2)CC1)c1ccco1. The van der Waals surface area contributed by atoms with Crippen LogP contribution in [0.25, 0.3) is 5.57 Å². The van der Waals surface area contributed by atoms with Crippen molar-refractivity contribution in [1.82, 2.24) is 4.90 Å². The van der Waals surface area contributed by atoms with Crippen LogP contribution in [0.3, 0.4) is 0 Å². The van der Waals surface area contributed by atoms with Gasteiger partial charge in [0.25, 0.3) is 5.91 Å². The van der Waals surface area contributed by atoms with Crippen LogP contribution >= 0.6 is 0 Å². The Morgan fingerprint density at radius 1 is 1.13 bits per heavy atom. The molecule has 0 saturated heterocycles. The molecular weight excluding hydrogens is 294 g/mol. The van der Waals surface area contributed by atoms with Crippen LogP contribution in [0.15, 0.2) is 59.2 Å². The van der Waals surface area contributed by atoms with Gasteiger partial charge in [-0.3, -0.25) is 4.79 Å². The van der Waals surface area contributed by atoms with E-state index in [-0.39, 0.29) is 18.3 Å². The lowest BCUT2D eigenvalue weighted by Crippen LogP contribution is -2.37. The van der Waals surface area contributed by atoms with Crippen LogP contribution in [0.2, 0.25) is 0 Å². The molecule has 0 aliphatic carbocycles. The number of rotatable bonds is 4. The molecule has 0 N–H and O–H groups in total. The summed E-state index contributed by atoms with van der Waals surface area (Å²) in [6.45, 7) is 0.882. The molecule has 1 aromatic carbocycles. The first kappa shape index (κ1) is 15.1. The van der Waals surface area contributed by atoms with Gasteiger partial charge in [-0.2, -0.15) is 0 Å². The topological polar surface area (TPSA) is 59.8 Å². The monoisotopic (exact) mass is 311 g/mol. The Morgan fingerprint density at radius 2 is 1.96 bits per heavy atom. The maximum absolute atomic E-state index is 12.1. The first-order valence-electron chi connectivity index (χ1n) is 7.47. The summed E-state index contributed by atoms with van der Waals surface area (Å²) in [5, 5.41) is 0. The van der Waals surface area contributed by atoms with Gasteiger partial charge in [-0.05, 0) is 29.7 Å². The lowest BCUT2D eigenvalue weighted by atomic mass is 10.00. The standard InChI is InChI=1S/C18H17NO4/c20-17(13-23-18(21)16-7-4-12-22-16)19-10-8-15(9-11-19)14-5-2-1-3-6-14/h1-8,12H,9-11,13H2. The third kappa shape index (κ3) is 3.69. The molecule has 1 aromatic heterocycles. The molecule has 2 aromatic rings. The molecule has 1 aliphatic rings. The summed E-state index contributed by atoms with van der Waals surface area (Å²) in [7, 11) is 0. The largest absolute Gasteiger partial charge is 0.457 e. The molecule has 0 saturated carbocycles. The molecule has 0 spiro atoms. The summed E-state index contributed by atoms with van der Waals surface area (Å²) in [5.41, 5.74) is 2.42. The Labute approximate surface area is 134 Å². The van der Waals surface area contributed by atoms with E-state index in [2.05, 4.69) is 12.1 Å². The fraction of sp³-hybridized carbons (Fsp3) is 0.222. The molecule has 1 amide bonds. The predicted octanol–water partition coefficient (Wildman–Crippen LogP) is 2.75. The van der Waals surface area contributed by atoms with Crippen LogP contribution in [0, 0.1) is 0 Å². The Hall–Kier alpha value is -2.82. The number of hydrogen-bond acceptors (Lipinski definition) is 4. The second kappa shape index (κ2) is 6.96. The average Bonchev–Trinajstić information content (AvgIpc) is 3.15. The number of esters is 1. The van der Waals surface area contributed by atoms with Crippen LogP contribution in [-0.2, 0) is 9.53 Å². The maximum atomic E-state index is 12.1. The molecule has 0 fully saturated rings. The molecule has 0 bridgehead atoms. The smallest absolute Gasteiger partial charge is 0.374 e. The number of carbonyl (C=O) groups excluding carboxylic acids is 2. The molecule has 2 heterocycles. The third-order valence-corrected chi connectivity index (χ3v) is 3.76. The Balaban J connectivity index is 1.52. The fourth-order valence-corrected chi connectivity index (χ4v) is 2.49. The van der Waals surface area contributed by atoms with Gasteiger partial charge in [-0.15, -0.1) is 0 Å². The van der Waals surface area contributed by atoms with Crippen LogP contribution in [-0.4, -0.2) is 36.5 Å². The number of amides is 1. The molecule has 5 heteroatoms. The highest BCUT2D eigenvalue weighted by atomic mass is 16.5. The highest BCUT2D eigenvalue weighted by Gasteiger charge is 2.20. The van der Waals surface area contributed by atoms with E-state index in [0.717, 1.165) is 6.42 Å². The van der Waals surface area contributed by atoms with Crippen molar-refractivity contribution in [3.8, 4) is 0 Å². The second-order valence-corrected chi connectivity index (χ2v) is 5.24. The van der Waals surface area contributed by atoms with Crippen molar-refractivity contribution in [1.29, 1.82) is 0 Å². The molecule has 1 aliphatic heterocycles. The van der Waals surface area contributed by atoms with Crippen molar-refractivity contribution in [2.24, 2.45) is 0 Å². The summed E-state index contributed by atoms with van der Waals surface area (Å²) in [4.78, 5) is 25.4. The minimum Gasteiger partial charge on any atom is -0.457 e. The van der Waals surface area contributed by atoms with Gasteiger partial charge in [0, 0.05) is 13.1 Å². The van der Waals surface area contributed by atoms with Crippen molar-refractivity contribution >= 4 is 17.4 Å². The number of benzene rings is 1. The third-order valence-electron chi connectivity index (χ3n) is 3.76. The summed E-state index contributed by atoms with van der Waals surface area (Å²) in [5.74, 6) is -0.725. The number of carbonyl (C=O) groups is 2. The van der Waals surface area contributed by atoms with Crippen LogP contribution < -0.4 is 0 Å². The minimum absolute atomic E-state index is 0.0997. The first-order chi connectivity index (χ1) is 11.2. The lowest BCUT2D eigenvalue weighted by Gasteiger charge is -2.26. The van der Waals surface area contributed by atoms with E-state index >= 15 is 0 Å². The van der Waals surface area contributed by atoms with E-state index in [1.807, 2.05) is 24.3 Å². The van der Waals surface area contributed by atoms with Gasteiger partial charge >= 0.3 is 5.97 Å². The van der Waals surface area contributed by atoms with Crippen molar-refractivity contribution in [2.75, 3.05) is 19.7 Å². The van der Waals surface area contributed by atoms with E-state index in [4.69, 9.17) is 9.15 Å².